The lowest BCUT2D eigenvalue weighted by molar-refractivity contribution is 0.408. The molecule has 2 rings (SSSR count). The monoisotopic (exact) mass is 367 g/mol. The summed E-state index contributed by atoms with van der Waals surface area (Å²) >= 11 is 2.33. The van der Waals surface area contributed by atoms with E-state index in [1.54, 1.807) is 7.11 Å². The molecule has 0 bridgehead atoms. The lowest BCUT2D eigenvalue weighted by Gasteiger charge is -2.17. The Balaban J connectivity index is 2.45. The van der Waals surface area contributed by atoms with Gasteiger partial charge in [0.25, 0.3) is 0 Å². The van der Waals surface area contributed by atoms with E-state index >= 15 is 0 Å². The number of methoxy groups -OCH3 is 1. The van der Waals surface area contributed by atoms with Gasteiger partial charge in [-0.3, -0.25) is 0 Å². The van der Waals surface area contributed by atoms with Crippen LogP contribution in [-0.4, -0.2) is 7.11 Å². The van der Waals surface area contributed by atoms with Crippen molar-refractivity contribution < 1.29 is 4.74 Å². The summed E-state index contributed by atoms with van der Waals surface area (Å²) in [5.41, 5.74) is 10.9. The molecule has 0 radical (unpaired) electrons. The number of rotatable bonds is 3. The van der Waals surface area contributed by atoms with Crippen LogP contribution in [0, 0.1) is 17.4 Å². The molecule has 3 heteroatoms. The van der Waals surface area contributed by atoms with Gasteiger partial charge in [-0.15, -0.1) is 0 Å². The Morgan fingerprint density at radius 1 is 1.11 bits per heavy atom. The number of benzene rings is 2. The molecule has 0 aromatic heterocycles. The lowest BCUT2D eigenvalue weighted by Crippen LogP contribution is -2.14. The summed E-state index contributed by atoms with van der Waals surface area (Å²) in [6, 6.07) is 12.3. The van der Waals surface area contributed by atoms with Crippen molar-refractivity contribution in [1.82, 2.24) is 0 Å². The van der Waals surface area contributed by atoms with E-state index < -0.39 is 0 Å². The summed E-state index contributed by atoms with van der Waals surface area (Å²) in [5.74, 6) is 0.943. The average molecular weight is 367 g/mol. The highest BCUT2D eigenvalue weighted by atomic mass is 127. The van der Waals surface area contributed by atoms with Crippen LogP contribution in [0.2, 0.25) is 0 Å². The Labute approximate surface area is 128 Å². The van der Waals surface area contributed by atoms with Gasteiger partial charge in [0.1, 0.15) is 5.75 Å². The molecule has 2 N–H and O–H groups in total. The minimum Gasteiger partial charge on any atom is -0.496 e. The van der Waals surface area contributed by atoms with E-state index in [0.29, 0.717) is 0 Å². The first-order valence-corrected chi connectivity index (χ1v) is 7.27. The van der Waals surface area contributed by atoms with Gasteiger partial charge in [-0.2, -0.15) is 0 Å². The van der Waals surface area contributed by atoms with Crippen LogP contribution >= 0.6 is 22.6 Å². The van der Waals surface area contributed by atoms with Gasteiger partial charge in [0, 0.05) is 3.57 Å². The summed E-state index contributed by atoms with van der Waals surface area (Å²) in [7, 11) is 1.70. The molecule has 0 saturated carbocycles. The molecule has 100 valence electrons. The molecule has 0 spiro atoms. The summed E-state index contributed by atoms with van der Waals surface area (Å²) in [4.78, 5) is 0. The lowest BCUT2D eigenvalue weighted by atomic mass is 9.96. The van der Waals surface area contributed by atoms with Gasteiger partial charge >= 0.3 is 0 Å². The zero-order chi connectivity index (χ0) is 14.0. The van der Waals surface area contributed by atoms with Gasteiger partial charge < -0.3 is 10.5 Å². The molecule has 0 heterocycles. The van der Waals surface area contributed by atoms with Gasteiger partial charge in [0.05, 0.1) is 13.2 Å². The van der Waals surface area contributed by atoms with Crippen molar-refractivity contribution >= 4 is 22.6 Å². The quantitative estimate of drug-likeness (QED) is 0.834. The fraction of sp³-hybridized carbons (Fsp3) is 0.250. The molecule has 0 amide bonds. The number of halogens is 1. The summed E-state index contributed by atoms with van der Waals surface area (Å²) in [6.07, 6.45) is 0. The predicted molar refractivity (Wildman–Crippen MR) is 87.7 cm³/mol. The average Bonchev–Trinajstić information content (AvgIpc) is 2.38. The van der Waals surface area contributed by atoms with Crippen molar-refractivity contribution in [2.45, 2.75) is 19.9 Å². The van der Waals surface area contributed by atoms with E-state index in [1.165, 1.54) is 3.57 Å². The number of hydrogen-bond acceptors (Lipinski definition) is 2. The summed E-state index contributed by atoms with van der Waals surface area (Å²) in [5, 5.41) is 0. The number of nitrogens with two attached hydrogens (primary N) is 1. The second kappa shape index (κ2) is 5.92. The van der Waals surface area contributed by atoms with E-state index in [-0.39, 0.29) is 6.04 Å². The minimum absolute atomic E-state index is 0.101. The van der Waals surface area contributed by atoms with Gasteiger partial charge in [-0.05, 0) is 64.8 Å². The van der Waals surface area contributed by atoms with Crippen molar-refractivity contribution in [1.29, 1.82) is 0 Å². The highest BCUT2D eigenvalue weighted by Crippen LogP contribution is 2.30. The van der Waals surface area contributed by atoms with Crippen molar-refractivity contribution in [2.24, 2.45) is 5.73 Å². The van der Waals surface area contributed by atoms with Crippen LogP contribution in [0.25, 0.3) is 0 Å². The van der Waals surface area contributed by atoms with Crippen molar-refractivity contribution in [3.8, 4) is 5.75 Å². The Kier molecular flexibility index (Phi) is 4.47. The minimum atomic E-state index is -0.101. The molecule has 1 atom stereocenters. The van der Waals surface area contributed by atoms with Crippen molar-refractivity contribution in [3.05, 3.63) is 62.2 Å². The second-order valence-electron chi connectivity index (χ2n) is 4.69. The number of ether oxygens (including phenoxy) is 1. The van der Waals surface area contributed by atoms with Crippen LogP contribution in [0.15, 0.2) is 36.4 Å². The zero-order valence-corrected chi connectivity index (χ0v) is 13.6. The third-order valence-corrected chi connectivity index (χ3v) is 4.27. The zero-order valence-electron chi connectivity index (χ0n) is 11.4. The normalized spacial score (nSPS) is 12.3. The molecule has 2 nitrogen and oxygen atoms in total. The fourth-order valence-corrected chi connectivity index (χ4v) is 3.12. The molecule has 0 aliphatic rings. The van der Waals surface area contributed by atoms with Crippen LogP contribution in [-0.2, 0) is 0 Å². The fourth-order valence-electron chi connectivity index (χ4n) is 2.39. The molecule has 0 saturated heterocycles. The SMILES string of the molecule is COc1c(C)cc(C(N)c2ccccc2I)cc1C. The predicted octanol–water partition coefficient (Wildman–Crippen LogP) is 3.96. The highest BCUT2D eigenvalue weighted by Gasteiger charge is 2.14. The number of hydrogen-bond donors (Lipinski definition) is 1. The van der Waals surface area contributed by atoms with Crippen molar-refractivity contribution in [3.63, 3.8) is 0 Å². The van der Waals surface area contributed by atoms with E-state index in [9.17, 15) is 0 Å². The van der Waals surface area contributed by atoms with E-state index in [2.05, 4.69) is 60.7 Å². The standard InChI is InChI=1S/C16H18INO/c1-10-8-12(9-11(2)16(10)19-3)15(18)13-6-4-5-7-14(13)17/h4-9,15H,18H2,1-3H3. The third-order valence-electron chi connectivity index (χ3n) is 3.29. The van der Waals surface area contributed by atoms with Crippen LogP contribution in [0.5, 0.6) is 5.75 Å². The third kappa shape index (κ3) is 2.92. The molecule has 0 aliphatic carbocycles. The van der Waals surface area contributed by atoms with Crippen LogP contribution < -0.4 is 10.5 Å². The molecule has 0 fully saturated rings. The van der Waals surface area contributed by atoms with E-state index in [0.717, 1.165) is 28.0 Å². The first kappa shape index (κ1) is 14.3. The van der Waals surface area contributed by atoms with E-state index in [4.69, 9.17) is 10.5 Å². The van der Waals surface area contributed by atoms with Gasteiger partial charge in [0.2, 0.25) is 0 Å². The summed E-state index contributed by atoms with van der Waals surface area (Å²) < 4.78 is 6.59. The van der Waals surface area contributed by atoms with Crippen LogP contribution in [0.4, 0.5) is 0 Å². The molecule has 2 aromatic carbocycles. The van der Waals surface area contributed by atoms with Gasteiger partial charge in [-0.1, -0.05) is 30.3 Å². The van der Waals surface area contributed by atoms with Crippen molar-refractivity contribution in [2.75, 3.05) is 7.11 Å². The smallest absolute Gasteiger partial charge is 0.124 e. The Morgan fingerprint density at radius 2 is 1.68 bits per heavy atom. The van der Waals surface area contributed by atoms with Gasteiger partial charge in [-0.25, -0.2) is 0 Å². The molecular weight excluding hydrogens is 349 g/mol. The van der Waals surface area contributed by atoms with Crippen LogP contribution in [0.1, 0.15) is 28.3 Å². The van der Waals surface area contributed by atoms with E-state index in [1.807, 2.05) is 12.1 Å². The first-order valence-electron chi connectivity index (χ1n) is 6.19. The maximum Gasteiger partial charge on any atom is 0.124 e. The largest absolute Gasteiger partial charge is 0.496 e. The second-order valence-corrected chi connectivity index (χ2v) is 5.85. The highest BCUT2D eigenvalue weighted by molar-refractivity contribution is 14.1. The number of aryl methyl sites for hydroxylation is 2. The Hall–Kier alpha value is -1.07. The maximum absolute atomic E-state index is 6.40. The molecular formula is C16H18INO. The van der Waals surface area contributed by atoms with Crippen LogP contribution in [0.3, 0.4) is 0 Å². The maximum atomic E-state index is 6.40. The Bertz CT molecular complexity index is 572. The first-order chi connectivity index (χ1) is 9.04. The topological polar surface area (TPSA) is 35.2 Å². The summed E-state index contributed by atoms with van der Waals surface area (Å²) in [6.45, 7) is 4.11. The molecule has 1 unspecified atom stereocenters. The Morgan fingerprint density at radius 3 is 2.21 bits per heavy atom. The molecule has 19 heavy (non-hydrogen) atoms. The van der Waals surface area contributed by atoms with Gasteiger partial charge in [0.15, 0.2) is 0 Å². The molecule has 0 aliphatic heterocycles. The molecule has 2 aromatic rings.